The molecule has 0 amide bonds. The van der Waals surface area contributed by atoms with Crippen LogP contribution in [0.2, 0.25) is 0 Å². The van der Waals surface area contributed by atoms with Gasteiger partial charge in [-0.25, -0.2) is 15.0 Å². The molecule has 0 saturated carbocycles. The SMILES string of the molecule is N#Cc1ccc(-c2ccccc2-c2cccc3c2ccc2ccccc23)cc1-c1ccc(-c2cccc(-c3nc(-c4ccccc4)nc(-c4ccc5c6c(cccc46)-c4ccccc4-5)n3)c2)cc1. The number of fused-ring (bicyclic) bond motifs is 6. The van der Waals surface area contributed by atoms with Crippen LogP contribution >= 0.6 is 0 Å². The van der Waals surface area contributed by atoms with Crippen molar-refractivity contribution in [3.63, 3.8) is 0 Å². The van der Waals surface area contributed by atoms with Crippen LogP contribution in [0.25, 0.3) is 133 Å². The van der Waals surface area contributed by atoms with Crippen LogP contribution in [0.4, 0.5) is 0 Å². The second-order valence-corrected chi connectivity index (χ2v) is 17.4. The fourth-order valence-corrected chi connectivity index (χ4v) is 10.3. The number of hydrogen-bond acceptors (Lipinski definition) is 4. The van der Waals surface area contributed by atoms with Crippen LogP contribution in [0.15, 0.2) is 231 Å². The summed E-state index contributed by atoms with van der Waals surface area (Å²) >= 11 is 0. The number of rotatable bonds is 7. The quantitative estimate of drug-likeness (QED) is 0.150. The zero-order valence-electron chi connectivity index (χ0n) is 36.7. The van der Waals surface area contributed by atoms with Gasteiger partial charge in [-0.1, -0.05) is 206 Å². The summed E-state index contributed by atoms with van der Waals surface area (Å²) in [7, 11) is 0. The van der Waals surface area contributed by atoms with Crippen LogP contribution in [0.3, 0.4) is 0 Å². The minimum atomic E-state index is 0.603. The summed E-state index contributed by atoms with van der Waals surface area (Å²) in [6.45, 7) is 0. The standard InChI is InChI=1S/C64H38N4/c65-39-47-32-31-45(49-19-6-7-20-50(49)52-24-11-23-51-48-18-5-4-13-41(48)33-34-55(51)52)38-60(47)42-29-27-40(28-30-42)44-16-10-17-46(37-44)63-66-62(43-14-2-1-3-15-43)67-64(68-63)59-36-35-58-54-22-9-8-21-53(54)56-25-12-26-57(59)61(56)58/h1-38H. The lowest BCUT2D eigenvalue weighted by atomic mass is 9.88. The molecule has 0 unspecified atom stereocenters. The molecule has 0 bridgehead atoms. The summed E-state index contributed by atoms with van der Waals surface area (Å²) in [6.07, 6.45) is 0. The first-order valence-electron chi connectivity index (χ1n) is 22.9. The zero-order valence-corrected chi connectivity index (χ0v) is 36.7. The van der Waals surface area contributed by atoms with Gasteiger partial charge in [-0.05, 0) is 118 Å². The highest BCUT2D eigenvalue weighted by Gasteiger charge is 2.24. The van der Waals surface area contributed by atoms with Crippen LogP contribution < -0.4 is 0 Å². The Bertz CT molecular complexity index is 4000. The van der Waals surface area contributed by atoms with E-state index in [1.165, 1.54) is 54.7 Å². The van der Waals surface area contributed by atoms with E-state index < -0.39 is 0 Å². The van der Waals surface area contributed by atoms with E-state index in [0.717, 1.165) is 61.0 Å². The highest BCUT2D eigenvalue weighted by molar-refractivity contribution is 6.18. The number of benzene rings is 11. The average molecular weight is 863 g/mol. The molecule has 314 valence electrons. The van der Waals surface area contributed by atoms with Gasteiger partial charge in [0.05, 0.1) is 11.6 Å². The first-order valence-corrected chi connectivity index (χ1v) is 22.9. The van der Waals surface area contributed by atoms with E-state index in [1.807, 2.05) is 36.4 Å². The van der Waals surface area contributed by atoms with E-state index in [2.05, 4.69) is 200 Å². The predicted octanol–water partition coefficient (Wildman–Crippen LogP) is 16.5. The van der Waals surface area contributed by atoms with Crippen molar-refractivity contribution in [3.05, 3.63) is 236 Å². The molecule has 68 heavy (non-hydrogen) atoms. The van der Waals surface area contributed by atoms with Gasteiger partial charge in [-0.3, -0.25) is 0 Å². The summed E-state index contributed by atoms with van der Waals surface area (Å²) < 4.78 is 0. The second kappa shape index (κ2) is 16.0. The lowest BCUT2D eigenvalue weighted by Gasteiger charge is -2.15. The van der Waals surface area contributed by atoms with Crippen molar-refractivity contribution in [1.82, 2.24) is 15.0 Å². The van der Waals surface area contributed by atoms with E-state index in [-0.39, 0.29) is 0 Å². The molecule has 13 rings (SSSR count). The van der Waals surface area contributed by atoms with E-state index in [1.54, 1.807) is 0 Å². The third-order valence-corrected chi connectivity index (χ3v) is 13.6. The average Bonchev–Trinajstić information content (AvgIpc) is 3.75. The Balaban J connectivity index is 0.864. The molecule has 0 fully saturated rings. The molecule has 1 heterocycles. The smallest absolute Gasteiger partial charge is 0.164 e. The normalized spacial score (nSPS) is 11.5. The molecule has 0 atom stereocenters. The Morgan fingerprint density at radius 3 is 1.60 bits per heavy atom. The molecule has 4 nitrogen and oxygen atoms in total. The van der Waals surface area contributed by atoms with E-state index in [9.17, 15) is 5.26 Å². The number of nitrogens with zero attached hydrogens (tertiary/aromatic N) is 4. The molecule has 1 aliphatic carbocycles. The van der Waals surface area contributed by atoms with Gasteiger partial charge >= 0.3 is 0 Å². The summed E-state index contributed by atoms with van der Waals surface area (Å²) in [4.78, 5) is 15.5. The van der Waals surface area contributed by atoms with Crippen molar-refractivity contribution in [2.45, 2.75) is 0 Å². The van der Waals surface area contributed by atoms with Crippen LogP contribution in [0, 0.1) is 11.3 Å². The summed E-state index contributed by atoms with van der Waals surface area (Å²) in [5.41, 5.74) is 16.8. The minimum absolute atomic E-state index is 0.603. The summed E-state index contributed by atoms with van der Waals surface area (Å²) in [5.74, 6) is 1.86. The number of hydrogen-bond donors (Lipinski definition) is 0. The zero-order chi connectivity index (χ0) is 45.1. The molecule has 0 radical (unpaired) electrons. The van der Waals surface area contributed by atoms with E-state index in [0.29, 0.717) is 23.0 Å². The highest BCUT2D eigenvalue weighted by Crippen LogP contribution is 2.49. The van der Waals surface area contributed by atoms with Gasteiger partial charge in [-0.15, -0.1) is 0 Å². The van der Waals surface area contributed by atoms with Crippen LogP contribution in [-0.4, -0.2) is 15.0 Å². The lowest BCUT2D eigenvalue weighted by Crippen LogP contribution is -2.00. The Morgan fingerprint density at radius 2 is 0.809 bits per heavy atom. The van der Waals surface area contributed by atoms with Crippen molar-refractivity contribution in [2.75, 3.05) is 0 Å². The Labute approximate surface area is 393 Å². The predicted molar refractivity (Wildman–Crippen MR) is 280 cm³/mol. The third kappa shape index (κ3) is 6.48. The maximum atomic E-state index is 10.4. The molecule has 1 aromatic heterocycles. The molecule has 0 saturated heterocycles. The highest BCUT2D eigenvalue weighted by atomic mass is 15.0. The molecular formula is C64H38N4. The van der Waals surface area contributed by atoms with Crippen molar-refractivity contribution in [2.24, 2.45) is 0 Å². The van der Waals surface area contributed by atoms with E-state index >= 15 is 0 Å². The van der Waals surface area contributed by atoms with Crippen LogP contribution in [0.1, 0.15) is 5.56 Å². The topological polar surface area (TPSA) is 62.5 Å². The second-order valence-electron chi connectivity index (χ2n) is 17.4. The summed E-state index contributed by atoms with van der Waals surface area (Å²) in [5, 5.41) is 17.7. The molecule has 1 aliphatic rings. The molecule has 0 N–H and O–H groups in total. The molecule has 12 aromatic rings. The molecule has 0 aliphatic heterocycles. The number of nitriles is 1. The first kappa shape index (κ1) is 39.1. The minimum Gasteiger partial charge on any atom is -0.208 e. The van der Waals surface area contributed by atoms with Crippen molar-refractivity contribution in [3.8, 4) is 107 Å². The Hall–Kier alpha value is -9.30. The first-order chi connectivity index (χ1) is 33.7. The van der Waals surface area contributed by atoms with Crippen LogP contribution in [-0.2, 0) is 0 Å². The molecule has 11 aromatic carbocycles. The van der Waals surface area contributed by atoms with Gasteiger partial charge in [0.2, 0.25) is 0 Å². The Morgan fingerprint density at radius 1 is 0.265 bits per heavy atom. The maximum absolute atomic E-state index is 10.4. The molecule has 0 spiro atoms. The van der Waals surface area contributed by atoms with Gasteiger partial charge in [-0.2, -0.15) is 5.26 Å². The van der Waals surface area contributed by atoms with Gasteiger partial charge in [0.25, 0.3) is 0 Å². The van der Waals surface area contributed by atoms with Crippen molar-refractivity contribution < 1.29 is 0 Å². The van der Waals surface area contributed by atoms with Gasteiger partial charge < -0.3 is 0 Å². The molecule has 4 heteroatoms. The van der Waals surface area contributed by atoms with Crippen LogP contribution in [0.5, 0.6) is 0 Å². The Kier molecular flexibility index (Phi) is 9.20. The summed E-state index contributed by atoms with van der Waals surface area (Å²) in [6, 6.07) is 83.4. The van der Waals surface area contributed by atoms with E-state index in [4.69, 9.17) is 15.0 Å². The monoisotopic (exact) mass is 862 g/mol. The fourth-order valence-electron chi connectivity index (χ4n) is 10.3. The van der Waals surface area contributed by atoms with Gasteiger partial charge in [0.15, 0.2) is 17.5 Å². The fraction of sp³-hybridized carbons (Fsp3) is 0. The van der Waals surface area contributed by atoms with Crippen molar-refractivity contribution >= 4 is 32.3 Å². The van der Waals surface area contributed by atoms with Crippen molar-refractivity contribution in [1.29, 1.82) is 5.26 Å². The van der Waals surface area contributed by atoms with Gasteiger partial charge in [0, 0.05) is 22.3 Å². The third-order valence-electron chi connectivity index (χ3n) is 13.6. The largest absolute Gasteiger partial charge is 0.208 e. The lowest BCUT2D eigenvalue weighted by molar-refractivity contribution is 1.08. The van der Waals surface area contributed by atoms with Gasteiger partial charge in [0.1, 0.15) is 0 Å². The number of aromatic nitrogens is 3. The molecular weight excluding hydrogens is 825 g/mol. The maximum Gasteiger partial charge on any atom is 0.164 e.